The van der Waals surface area contributed by atoms with Crippen LogP contribution in [-0.4, -0.2) is 18.4 Å². The van der Waals surface area contributed by atoms with Crippen LogP contribution in [0.15, 0.2) is 30.3 Å². The van der Waals surface area contributed by atoms with Crippen molar-refractivity contribution in [1.82, 2.24) is 0 Å². The zero-order chi connectivity index (χ0) is 14.5. The molecule has 1 aromatic rings. The molecule has 0 aliphatic carbocycles. The third kappa shape index (κ3) is 2.59. The molecule has 1 aromatic carbocycles. The number of benzene rings is 1. The Hall–Kier alpha value is -0.787. The van der Waals surface area contributed by atoms with Gasteiger partial charge in [-0.2, -0.15) is 0 Å². The predicted octanol–water partition coefficient (Wildman–Crippen LogP) is 4.08. The minimum absolute atomic E-state index is 0.352. The van der Waals surface area contributed by atoms with Gasteiger partial charge in [-0.05, 0) is 0 Å². The standard InChI is InChI=1S/C16H25GeNO/c1-5-17(6-2,7-3)16(19,14(4)13-18)15-11-9-8-10-12-15/h8-12,14,19H,5-7H2,1-4H3. The molecule has 104 valence electrons. The van der Waals surface area contributed by atoms with E-state index in [-0.39, 0.29) is 5.92 Å². The van der Waals surface area contributed by atoms with E-state index in [1.165, 1.54) is 0 Å². The summed E-state index contributed by atoms with van der Waals surface area (Å²) in [5.41, 5.74) is 0.939. The zero-order valence-corrected chi connectivity index (χ0v) is 14.6. The normalized spacial score (nSPS) is 16.4. The zero-order valence-electron chi connectivity index (χ0n) is 12.5. The molecule has 1 rings (SSSR count). The average molecular weight is 320 g/mol. The van der Waals surface area contributed by atoms with Gasteiger partial charge in [0.25, 0.3) is 0 Å². The van der Waals surface area contributed by atoms with Crippen molar-refractivity contribution >= 4 is 13.3 Å². The van der Waals surface area contributed by atoms with E-state index in [0.29, 0.717) is 0 Å². The van der Waals surface area contributed by atoms with Crippen LogP contribution in [0.25, 0.3) is 0 Å². The molecule has 3 heteroatoms. The average Bonchev–Trinajstić information content (AvgIpc) is 2.49. The molecule has 0 saturated carbocycles. The summed E-state index contributed by atoms with van der Waals surface area (Å²) in [4.78, 5) is 0. The molecule has 0 aromatic heterocycles. The first-order valence-corrected chi connectivity index (χ1v) is 12.7. The van der Waals surface area contributed by atoms with Crippen LogP contribution >= 0.6 is 0 Å². The maximum absolute atomic E-state index is 11.5. The Bertz CT molecular complexity index is 428. The van der Waals surface area contributed by atoms with Crippen molar-refractivity contribution in [2.75, 3.05) is 0 Å². The molecule has 19 heavy (non-hydrogen) atoms. The van der Waals surface area contributed by atoms with E-state index < -0.39 is 17.7 Å². The van der Waals surface area contributed by atoms with Gasteiger partial charge in [-0.25, -0.2) is 0 Å². The van der Waals surface area contributed by atoms with Gasteiger partial charge in [-0.1, -0.05) is 0 Å². The van der Waals surface area contributed by atoms with Gasteiger partial charge >= 0.3 is 119 Å². The number of hydrogen-bond acceptors (Lipinski definition) is 2. The van der Waals surface area contributed by atoms with Gasteiger partial charge in [0.1, 0.15) is 0 Å². The molecule has 0 aliphatic rings. The first-order chi connectivity index (χ1) is 9.02. The number of rotatable bonds is 6. The van der Waals surface area contributed by atoms with Gasteiger partial charge in [0.15, 0.2) is 0 Å². The minimum atomic E-state index is -2.56. The van der Waals surface area contributed by atoms with Crippen molar-refractivity contribution < 1.29 is 5.11 Å². The van der Waals surface area contributed by atoms with Crippen LogP contribution in [0.1, 0.15) is 33.3 Å². The first-order valence-electron chi connectivity index (χ1n) is 7.19. The van der Waals surface area contributed by atoms with Gasteiger partial charge in [-0.3, -0.25) is 0 Å². The van der Waals surface area contributed by atoms with Crippen molar-refractivity contribution in [1.29, 1.82) is 5.26 Å². The molecule has 0 spiro atoms. The van der Waals surface area contributed by atoms with Crippen LogP contribution in [0.5, 0.6) is 0 Å². The Morgan fingerprint density at radius 1 is 1.16 bits per heavy atom. The molecule has 0 amide bonds. The number of aliphatic hydroxyl groups is 1. The second-order valence-electron chi connectivity index (χ2n) is 5.32. The van der Waals surface area contributed by atoms with Crippen molar-refractivity contribution in [3.63, 3.8) is 0 Å². The van der Waals surface area contributed by atoms with Crippen LogP contribution in [0.3, 0.4) is 0 Å². The Balaban J connectivity index is 3.49. The third-order valence-electron chi connectivity index (χ3n) is 4.87. The molecule has 0 heterocycles. The van der Waals surface area contributed by atoms with E-state index in [9.17, 15) is 10.4 Å². The van der Waals surface area contributed by atoms with Crippen molar-refractivity contribution in [3.8, 4) is 6.07 Å². The predicted molar refractivity (Wildman–Crippen MR) is 82.3 cm³/mol. The number of nitriles is 1. The van der Waals surface area contributed by atoms with E-state index in [2.05, 4.69) is 26.8 Å². The van der Waals surface area contributed by atoms with Crippen LogP contribution in [0.2, 0.25) is 15.8 Å². The third-order valence-corrected chi connectivity index (χ3v) is 18.3. The molecular formula is C16H25GeNO. The second-order valence-corrected chi connectivity index (χ2v) is 16.7. The number of nitrogens with zero attached hydrogens (tertiary/aromatic N) is 1. The molecular weight excluding hydrogens is 295 g/mol. The SMILES string of the molecule is C[CH2][Ge]([CH2]C)([CH2]C)[C](O)(c1ccccc1)C(C)C#N. The van der Waals surface area contributed by atoms with E-state index in [1.807, 2.05) is 37.3 Å². The Morgan fingerprint density at radius 3 is 2.00 bits per heavy atom. The summed E-state index contributed by atoms with van der Waals surface area (Å²) in [6, 6.07) is 12.1. The van der Waals surface area contributed by atoms with Crippen LogP contribution in [0, 0.1) is 17.2 Å². The van der Waals surface area contributed by atoms with Gasteiger partial charge in [0.2, 0.25) is 0 Å². The number of hydrogen-bond donors (Lipinski definition) is 1. The summed E-state index contributed by atoms with van der Waals surface area (Å²) >= 11 is -2.56. The molecule has 0 bridgehead atoms. The summed E-state index contributed by atoms with van der Waals surface area (Å²) in [6.07, 6.45) is 0. The van der Waals surface area contributed by atoms with E-state index in [0.717, 1.165) is 21.3 Å². The van der Waals surface area contributed by atoms with Crippen molar-refractivity contribution in [2.45, 2.75) is 47.9 Å². The molecule has 2 atom stereocenters. The molecule has 0 saturated heterocycles. The Kier molecular flexibility index (Phi) is 5.64. The van der Waals surface area contributed by atoms with E-state index >= 15 is 0 Å². The molecule has 1 N–H and O–H groups in total. The fraction of sp³-hybridized carbons (Fsp3) is 0.562. The first kappa shape index (κ1) is 16.3. The summed E-state index contributed by atoms with van der Waals surface area (Å²) in [5, 5.41) is 24.1. The van der Waals surface area contributed by atoms with E-state index in [4.69, 9.17) is 0 Å². The van der Waals surface area contributed by atoms with Crippen molar-refractivity contribution in [3.05, 3.63) is 35.9 Å². The van der Waals surface area contributed by atoms with E-state index in [1.54, 1.807) is 0 Å². The topological polar surface area (TPSA) is 44.0 Å². The summed E-state index contributed by atoms with van der Waals surface area (Å²) in [7, 11) is 0. The fourth-order valence-corrected chi connectivity index (χ4v) is 13.6. The molecule has 2 unspecified atom stereocenters. The van der Waals surface area contributed by atoms with Crippen LogP contribution in [-0.2, 0) is 4.43 Å². The van der Waals surface area contributed by atoms with Crippen LogP contribution < -0.4 is 0 Å². The second kappa shape index (κ2) is 6.58. The molecule has 0 fully saturated rings. The quantitative estimate of drug-likeness (QED) is 0.803. The van der Waals surface area contributed by atoms with Crippen molar-refractivity contribution in [2.24, 2.45) is 5.92 Å². The van der Waals surface area contributed by atoms with Gasteiger partial charge in [0, 0.05) is 0 Å². The molecule has 0 aliphatic heterocycles. The summed E-state index contributed by atoms with van der Waals surface area (Å²) in [5.74, 6) is -0.352. The summed E-state index contributed by atoms with van der Waals surface area (Å²) in [6.45, 7) is 8.43. The van der Waals surface area contributed by atoms with Gasteiger partial charge in [0.05, 0.1) is 0 Å². The molecule has 0 radical (unpaired) electrons. The Morgan fingerprint density at radius 2 is 1.63 bits per heavy atom. The maximum atomic E-state index is 11.5. The Labute approximate surface area is 119 Å². The fourth-order valence-electron chi connectivity index (χ4n) is 3.36. The van der Waals surface area contributed by atoms with Crippen LogP contribution in [0.4, 0.5) is 0 Å². The molecule has 2 nitrogen and oxygen atoms in total. The monoisotopic (exact) mass is 321 g/mol. The summed E-state index contributed by atoms with van der Waals surface area (Å²) < 4.78 is -0.908. The van der Waals surface area contributed by atoms with Gasteiger partial charge < -0.3 is 0 Å². The van der Waals surface area contributed by atoms with Gasteiger partial charge in [-0.15, -0.1) is 0 Å².